The van der Waals surface area contributed by atoms with Crippen LogP contribution in [0.4, 0.5) is 0 Å². The van der Waals surface area contributed by atoms with Crippen molar-refractivity contribution in [2.24, 2.45) is 11.7 Å². The monoisotopic (exact) mass is 253 g/mol. The van der Waals surface area contributed by atoms with Gasteiger partial charge in [-0.25, -0.2) is 0 Å². The zero-order valence-electron chi connectivity index (χ0n) is 9.98. The number of hydrogen-bond acceptors (Lipinski definition) is 2. The molecule has 1 aromatic carbocycles. The number of halogens is 1. The molecule has 0 saturated heterocycles. The van der Waals surface area contributed by atoms with Crippen molar-refractivity contribution in [2.75, 3.05) is 6.54 Å². The molecule has 0 amide bonds. The lowest BCUT2D eigenvalue weighted by atomic mass is 9.75. The van der Waals surface area contributed by atoms with Crippen LogP contribution in [0.2, 0.25) is 5.02 Å². The molecule has 1 aliphatic carbocycles. The van der Waals surface area contributed by atoms with E-state index in [0.29, 0.717) is 12.5 Å². The molecule has 1 fully saturated rings. The highest BCUT2D eigenvalue weighted by Crippen LogP contribution is 2.36. The normalized spacial score (nSPS) is 26.8. The molecule has 0 heterocycles. The smallest absolute Gasteiger partial charge is 0.0574 e. The van der Waals surface area contributed by atoms with Crippen molar-refractivity contribution in [3.8, 4) is 0 Å². The molecule has 1 aromatic rings. The molecule has 2 rings (SSSR count). The van der Waals surface area contributed by atoms with Crippen LogP contribution in [0.1, 0.15) is 37.2 Å². The Balaban J connectivity index is 2.17. The van der Waals surface area contributed by atoms with E-state index >= 15 is 0 Å². The molecule has 3 N–H and O–H groups in total. The first-order chi connectivity index (χ1) is 8.22. The minimum atomic E-state index is -0.201. The molecule has 17 heavy (non-hydrogen) atoms. The van der Waals surface area contributed by atoms with Crippen molar-refractivity contribution < 1.29 is 5.11 Å². The maximum Gasteiger partial charge on any atom is 0.0574 e. The highest BCUT2D eigenvalue weighted by molar-refractivity contribution is 6.30. The summed E-state index contributed by atoms with van der Waals surface area (Å²) in [6.45, 7) is 0.587. The van der Waals surface area contributed by atoms with Gasteiger partial charge in [0.2, 0.25) is 0 Å². The zero-order valence-corrected chi connectivity index (χ0v) is 10.7. The van der Waals surface area contributed by atoms with Crippen LogP contribution in [0.25, 0.3) is 0 Å². The topological polar surface area (TPSA) is 46.2 Å². The summed E-state index contributed by atoms with van der Waals surface area (Å²) in [6, 6.07) is 7.85. The van der Waals surface area contributed by atoms with Crippen LogP contribution in [0, 0.1) is 5.92 Å². The van der Waals surface area contributed by atoms with Crippen LogP contribution < -0.4 is 5.73 Å². The Bertz CT molecular complexity index is 352. The summed E-state index contributed by atoms with van der Waals surface area (Å²) >= 11 is 5.89. The van der Waals surface area contributed by atoms with Crippen molar-refractivity contribution in [1.29, 1.82) is 0 Å². The second kappa shape index (κ2) is 5.85. The quantitative estimate of drug-likeness (QED) is 0.870. The average molecular weight is 254 g/mol. The fourth-order valence-corrected chi connectivity index (χ4v) is 3.00. The van der Waals surface area contributed by atoms with Gasteiger partial charge in [0.1, 0.15) is 0 Å². The summed E-state index contributed by atoms with van der Waals surface area (Å²) in [7, 11) is 0. The molecule has 0 bridgehead atoms. The molecule has 2 nitrogen and oxygen atoms in total. The van der Waals surface area contributed by atoms with Gasteiger partial charge in [-0.2, -0.15) is 0 Å². The molecule has 0 aliphatic heterocycles. The van der Waals surface area contributed by atoms with E-state index in [9.17, 15) is 5.11 Å². The number of benzene rings is 1. The Kier molecular flexibility index (Phi) is 4.43. The second-order valence-corrected chi connectivity index (χ2v) is 5.35. The third-order valence-corrected chi connectivity index (χ3v) is 4.10. The van der Waals surface area contributed by atoms with Gasteiger partial charge in [-0.05, 0) is 43.0 Å². The summed E-state index contributed by atoms with van der Waals surface area (Å²) in [5.74, 6) is 0.553. The van der Waals surface area contributed by atoms with Gasteiger partial charge < -0.3 is 10.8 Å². The summed E-state index contributed by atoms with van der Waals surface area (Å²) in [6.07, 6.45) is 4.12. The predicted molar refractivity (Wildman–Crippen MR) is 71.2 cm³/mol. The van der Waals surface area contributed by atoms with E-state index in [0.717, 1.165) is 24.3 Å². The van der Waals surface area contributed by atoms with Crippen LogP contribution in [-0.2, 0) is 0 Å². The average Bonchev–Trinajstić information content (AvgIpc) is 2.35. The number of nitrogens with two attached hydrogens (primary N) is 1. The Labute approximate surface area is 108 Å². The fraction of sp³-hybridized carbons (Fsp3) is 0.571. The minimum Gasteiger partial charge on any atom is -0.393 e. The fourth-order valence-electron chi connectivity index (χ4n) is 2.88. The predicted octanol–water partition coefficient (Wildman–Crippen LogP) is 2.93. The van der Waals surface area contributed by atoms with Crippen molar-refractivity contribution in [2.45, 2.75) is 37.7 Å². The number of aliphatic hydroxyl groups excluding tert-OH is 1. The van der Waals surface area contributed by atoms with Crippen molar-refractivity contribution in [1.82, 2.24) is 0 Å². The van der Waals surface area contributed by atoms with E-state index in [-0.39, 0.29) is 12.0 Å². The largest absolute Gasteiger partial charge is 0.393 e. The molecule has 1 unspecified atom stereocenters. The standard InChI is InChI=1S/C14H20ClNO/c15-11-7-5-10(6-8-11)13(9-16)12-3-1-2-4-14(12)17/h5-8,12-14,17H,1-4,9,16H2/t12-,13?,14-/m0/s1. The van der Waals surface area contributed by atoms with Gasteiger partial charge in [0.25, 0.3) is 0 Å². The van der Waals surface area contributed by atoms with Gasteiger partial charge in [-0.1, -0.05) is 36.6 Å². The molecule has 0 spiro atoms. The Morgan fingerprint density at radius 3 is 2.47 bits per heavy atom. The van der Waals surface area contributed by atoms with Gasteiger partial charge in [0, 0.05) is 10.9 Å². The maximum absolute atomic E-state index is 10.1. The van der Waals surface area contributed by atoms with Crippen LogP contribution in [-0.4, -0.2) is 17.8 Å². The summed E-state index contributed by atoms with van der Waals surface area (Å²) in [4.78, 5) is 0. The molecular weight excluding hydrogens is 234 g/mol. The lowest BCUT2D eigenvalue weighted by Crippen LogP contribution is -2.33. The van der Waals surface area contributed by atoms with E-state index in [1.165, 1.54) is 12.0 Å². The Morgan fingerprint density at radius 2 is 1.88 bits per heavy atom. The first-order valence-electron chi connectivity index (χ1n) is 6.36. The summed E-state index contributed by atoms with van der Waals surface area (Å²) in [5.41, 5.74) is 7.09. The number of aliphatic hydroxyl groups is 1. The van der Waals surface area contributed by atoms with Crippen LogP contribution in [0.5, 0.6) is 0 Å². The molecule has 1 saturated carbocycles. The zero-order chi connectivity index (χ0) is 12.3. The van der Waals surface area contributed by atoms with E-state index in [4.69, 9.17) is 17.3 Å². The maximum atomic E-state index is 10.1. The molecule has 3 atom stereocenters. The molecule has 3 heteroatoms. The highest BCUT2D eigenvalue weighted by Gasteiger charge is 2.30. The first-order valence-corrected chi connectivity index (χ1v) is 6.73. The molecule has 94 valence electrons. The van der Waals surface area contributed by atoms with E-state index in [2.05, 4.69) is 0 Å². The third kappa shape index (κ3) is 3.01. The van der Waals surface area contributed by atoms with Gasteiger partial charge in [0.15, 0.2) is 0 Å². The van der Waals surface area contributed by atoms with E-state index < -0.39 is 0 Å². The lowest BCUT2D eigenvalue weighted by Gasteiger charge is -2.34. The van der Waals surface area contributed by atoms with Gasteiger partial charge >= 0.3 is 0 Å². The van der Waals surface area contributed by atoms with Crippen LogP contribution >= 0.6 is 11.6 Å². The van der Waals surface area contributed by atoms with Gasteiger partial charge in [0.05, 0.1) is 6.10 Å². The SMILES string of the molecule is NCC(c1ccc(Cl)cc1)[C@@H]1CCCC[C@@H]1O. The van der Waals surface area contributed by atoms with Crippen LogP contribution in [0.3, 0.4) is 0 Å². The molecule has 1 aliphatic rings. The molecular formula is C14H20ClNO. The van der Waals surface area contributed by atoms with Crippen molar-refractivity contribution in [3.63, 3.8) is 0 Å². The van der Waals surface area contributed by atoms with Crippen molar-refractivity contribution >= 4 is 11.6 Å². The van der Waals surface area contributed by atoms with Crippen molar-refractivity contribution in [3.05, 3.63) is 34.9 Å². The van der Waals surface area contributed by atoms with E-state index in [1.807, 2.05) is 24.3 Å². The summed E-state index contributed by atoms with van der Waals surface area (Å²) < 4.78 is 0. The minimum absolute atomic E-state index is 0.201. The van der Waals surface area contributed by atoms with Gasteiger partial charge in [-0.15, -0.1) is 0 Å². The molecule has 0 radical (unpaired) electrons. The Morgan fingerprint density at radius 1 is 1.24 bits per heavy atom. The van der Waals surface area contributed by atoms with Crippen LogP contribution in [0.15, 0.2) is 24.3 Å². The highest BCUT2D eigenvalue weighted by atomic mass is 35.5. The third-order valence-electron chi connectivity index (χ3n) is 3.85. The Hall–Kier alpha value is -0.570. The lowest BCUT2D eigenvalue weighted by molar-refractivity contribution is 0.0561. The second-order valence-electron chi connectivity index (χ2n) is 4.91. The molecule has 0 aromatic heterocycles. The number of rotatable bonds is 3. The first kappa shape index (κ1) is 12.9. The van der Waals surface area contributed by atoms with Gasteiger partial charge in [-0.3, -0.25) is 0 Å². The summed E-state index contributed by atoms with van der Waals surface area (Å²) in [5, 5.41) is 10.8. The number of hydrogen-bond donors (Lipinski definition) is 2. The van der Waals surface area contributed by atoms with E-state index in [1.54, 1.807) is 0 Å².